The van der Waals surface area contributed by atoms with E-state index in [1.165, 1.54) is 11.1 Å². The highest BCUT2D eigenvalue weighted by Crippen LogP contribution is 2.30. The Morgan fingerprint density at radius 1 is 1.03 bits per heavy atom. The molecule has 0 bridgehead atoms. The second-order valence-corrected chi connectivity index (χ2v) is 10.3. The molecule has 186 valence electrons. The Labute approximate surface area is 217 Å². The predicted octanol–water partition coefficient (Wildman–Crippen LogP) is 8.19. The van der Waals surface area contributed by atoms with Crippen molar-refractivity contribution in [2.45, 2.75) is 52.6 Å². The number of aryl methyl sites for hydroxylation is 2. The van der Waals surface area contributed by atoms with Crippen LogP contribution >= 0.6 is 24.6 Å². The second kappa shape index (κ2) is 13.2. The summed E-state index contributed by atoms with van der Waals surface area (Å²) in [5.41, 5.74) is 6.67. The summed E-state index contributed by atoms with van der Waals surface area (Å²) in [6.45, 7) is 8.74. The quantitative estimate of drug-likeness (QED) is 0.138. The Balaban J connectivity index is 1.67. The molecule has 0 saturated carbocycles. The van der Waals surface area contributed by atoms with Crippen molar-refractivity contribution in [3.63, 3.8) is 0 Å². The summed E-state index contributed by atoms with van der Waals surface area (Å²) < 4.78 is 28.6. The average molecular weight is 559 g/mol. The minimum atomic E-state index is -0.336. The molecular formula is C28H32BrO5P. The molecule has 0 aromatic heterocycles. The van der Waals surface area contributed by atoms with E-state index in [1.807, 2.05) is 42.5 Å². The lowest BCUT2D eigenvalue weighted by Gasteiger charge is -2.19. The molecule has 0 heterocycles. The molecule has 35 heavy (non-hydrogen) atoms. The van der Waals surface area contributed by atoms with Gasteiger partial charge < -0.3 is 14.6 Å². The van der Waals surface area contributed by atoms with Crippen molar-refractivity contribution < 1.29 is 23.7 Å². The molecule has 0 radical (unpaired) electrons. The maximum absolute atomic E-state index is 10.6. The van der Waals surface area contributed by atoms with Crippen LogP contribution in [0.2, 0.25) is 0 Å². The fourth-order valence-corrected chi connectivity index (χ4v) is 4.73. The van der Waals surface area contributed by atoms with E-state index in [9.17, 15) is 9.67 Å². The van der Waals surface area contributed by atoms with Crippen LogP contribution in [-0.4, -0.2) is 18.5 Å². The molecule has 3 aromatic rings. The molecule has 7 heteroatoms. The zero-order valence-corrected chi connectivity index (χ0v) is 23.1. The Bertz CT molecular complexity index is 1120. The van der Waals surface area contributed by atoms with Gasteiger partial charge in [-0.25, -0.2) is 4.57 Å². The lowest BCUT2D eigenvalue weighted by molar-refractivity contribution is -0.0446. The third-order valence-corrected chi connectivity index (χ3v) is 6.78. The molecule has 0 saturated heterocycles. The lowest BCUT2D eigenvalue weighted by atomic mass is 9.93. The zero-order chi connectivity index (χ0) is 25.4. The summed E-state index contributed by atoms with van der Waals surface area (Å²) >= 11 is 3.50. The van der Waals surface area contributed by atoms with Gasteiger partial charge in [0.25, 0.3) is 0 Å². The fraction of sp³-hybridized carbons (Fsp3) is 0.357. The molecule has 3 aromatic carbocycles. The number of phenols is 1. The zero-order valence-electron chi connectivity index (χ0n) is 20.6. The van der Waals surface area contributed by atoms with Crippen LogP contribution in [0.5, 0.6) is 11.5 Å². The Morgan fingerprint density at radius 3 is 2.43 bits per heavy atom. The van der Waals surface area contributed by atoms with E-state index in [0.29, 0.717) is 18.8 Å². The molecule has 0 unspecified atom stereocenters. The van der Waals surface area contributed by atoms with Crippen LogP contribution < -0.4 is 4.74 Å². The first-order valence-corrected chi connectivity index (χ1v) is 13.2. The van der Waals surface area contributed by atoms with Gasteiger partial charge in [-0.2, -0.15) is 0 Å². The van der Waals surface area contributed by atoms with Crippen LogP contribution in [0.25, 0.3) is 0 Å². The van der Waals surface area contributed by atoms with Gasteiger partial charge in [0, 0.05) is 10.9 Å². The minimum Gasteiger partial charge on any atom is -0.508 e. The third-order valence-electron chi connectivity index (χ3n) is 6.00. The first-order valence-electron chi connectivity index (χ1n) is 11.6. The van der Waals surface area contributed by atoms with Crippen molar-refractivity contribution in [2.75, 3.05) is 13.4 Å². The summed E-state index contributed by atoms with van der Waals surface area (Å²) in [6, 6.07) is 17.8. The van der Waals surface area contributed by atoms with Gasteiger partial charge in [0.1, 0.15) is 11.5 Å². The lowest BCUT2D eigenvalue weighted by Crippen LogP contribution is -2.12. The van der Waals surface area contributed by atoms with Crippen LogP contribution in [-0.2, 0) is 20.2 Å². The van der Waals surface area contributed by atoms with E-state index in [1.54, 1.807) is 6.07 Å². The van der Waals surface area contributed by atoms with Crippen molar-refractivity contribution in [1.82, 2.24) is 0 Å². The molecule has 3 rings (SSSR count). The largest absolute Gasteiger partial charge is 0.508 e. The van der Waals surface area contributed by atoms with Gasteiger partial charge in [0.05, 0.1) is 12.7 Å². The minimum absolute atomic E-state index is 0.0835. The molecule has 0 aliphatic rings. The topological polar surface area (TPSA) is 65.0 Å². The van der Waals surface area contributed by atoms with Crippen molar-refractivity contribution in [3.05, 3.63) is 92.5 Å². The van der Waals surface area contributed by atoms with Crippen molar-refractivity contribution >= 4 is 24.6 Å². The van der Waals surface area contributed by atoms with Crippen LogP contribution in [0.15, 0.2) is 59.1 Å². The van der Waals surface area contributed by atoms with Crippen LogP contribution in [0.1, 0.15) is 65.7 Å². The van der Waals surface area contributed by atoms with Crippen LogP contribution in [0.4, 0.5) is 0 Å². The van der Waals surface area contributed by atoms with E-state index in [0.717, 1.165) is 38.9 Å². The van der Waals surface area contributed by atoms with E-state index >= 15 is 0 Å². The van der Waals surface area contributed by atoms with Crippen LogP contribution in [0, 0.1) is 13.8 Å². The van der Waals surface area contributed by atoms with Gasteiger partial charge in [0.2, 0.25) is 0 Å². The predicted molar refractivity (Wildman–Crippen MR) is 143 cm³/mol. The number of hydrogen-bond acceptors (Lipinski definition) is 5. The van der Waals surface area contributed by atoms with Gasteiger partial charge in [-0.15, -0.1) is 0 Å². The van der Waals surface area contributed by atoms with E-state index in [-0.39, 0.29) is 27.5 Å². The number of ether oxygens (including phenoxy) is 2. The second-order valence-electron chi connectivity index (χ2n) is 8.93. The van der Waals surface area contributed by atoms with Gasteiger partial charge in [-0.05, 0) is 89.9 Å². The highest BCUT2D eigenvalue weighted by atomic mass is 79.9. The number of aromatic hydroxyl groups is 1. The van der Waals surface area contributed by atoms with E-state index in [2.05, 4.69) is 49.7 Å². The molecule has 0 aliphatic heterocycles. The summed E-state index contributed by atoms with van der Waals surface area (Å²) in [7, 11) is -0.336. The number of benzene rings is 3. The van der Waals surface area contributed by atoms with Crippen molar-refractivity contribution in [3.8, 4) is 11.5 Å². The molecule has 1 N–H and O–H groups in total. The SMILES string of the molecule is Cc1cc(OCO[C@@H](CCOP=O)c2cccc(Br)c2)cc(C)c1Cc1ccc(O)c(C(C)C)c1. The van der Waals surface area contributed by atoms with Crippen molar-refractivity contribution in [1.29, 1.82) is 0 Å². The Hall–Kier alpha value is -2.24. The normalized spacial score (nSPS) is 12.3. The maximum atomic E-state index is 10.6. The fourth-order valence-electron chi connectivity index (χ4n) is 4.13. The van der Waals surface area contributed by atoms with Gasteiger partial charge >= 0.3 is 8.69 Å². The summed E-state index contributed by atoms with van der Waals surface area (Å²) in [5.74, 6) is 1.36. The number of hydrogen-bond donors (Lipinski definition) is 1. The van der Waals surface area contributed by atoms with Gasteiger partial charge in [-0.3, -0.25) is 4.52 Å². The molecule has 0 spiro atoms. The van der Waals surface area contributed by atoms with E-state index in [4.69, 9.17) is 14.0 Å². The average Bonchev–Trinajstić information content (AvgIpc) is 2.81. The molecule has 1 atom stereocenters. The van der Waals surface area contributed by atoms with Crippen LogP contribution in [0.3, 0.4) is 0 Å². The number of phenolic OH excluding ortho intramolecular Hbond substituents is 1. The summed E-state index contributed by atoms with van der Waals surface area (Å²) in [4.78, 5) is 0. The van der Waals surface area contributed by atoms with Crippen molar-refractivity contribution in [2.24, 2.45) is 0 Å². The standard InChI is InChI=1S/C28H32BrO5P/c1-18(2)25-14-21(8-9-27(25)30)15-26-19(3)12-24(13-20(26)4)32-17-33-28(10-11-34-35-31)22-6-5-7-23(29)16-22/h5-9,12-14,16,18,28,30H,10-11,15,17H2,1-4H3/t28-/m0/s1. The number of halogens is 1. The highest BCUT2D eigenvalue weighted by molar-refractivity contribution is 9.10. The highest BCUT2D eigenvalue weighted by Gasteiger charge is 2.15. The first-order chi connectivity index (χ1) is 16.8. The summed E-state index contributed by atoms with van der Waals surface area (Å²) in [6.07, 6.45) is 1.09. The van der Waals surface area contributed by atoms with Gasteiger partial charge in [-0.1, -0.05) is 54.0 Å². The first kappa shape index (κ1) is 27.3. The molecule has 0 amide bonds. The molecular weight excluding hydrogens is 527 g/mol. The smallest absolute Gasteiger partial charge is 0.327 e. The number of rotatable bonds is 12. The summed E-state index contributed by atoms with van der Waals surface area (Å²) in [5, 5.41) is 10.1. The molecule has 0 aliphatic carbocycles. The molecule has 0 fully saturated rings. The maximum Gasteiger partial charge on any atom is 0.327 e. The Morgan fingerprint density at radius 2 is 1.77 bits per heavy atom. The monoisotopic (exact) mass is 558 g/mol. The Kier molecular flexibility index (Phi) is 10.3. The third kappa shape index (κ3) is 7.88. The van der Waals surface area contributed by atoms with E-state index < -0.39 is 0 Å². The van der Waals surface area contributed by atoms with Gasteiger partial charge in [0.15, 0.2) is 6.79 Å². The molecule has 5 nitrogen and oxygen atoms in total.